The molecule has 0 bridgehead atoms. The zero-order chi connectivity index (χ0) is 34.0. The molecule has 2 N–H and O–H groups in total. The van der Waals surface area contributed by atoms with Crippen molar-refractivity contribution in [2.45, 2.75) is 44.4 Å². The van der Waals surface area contributed by atoms with Gasteiger partial charge in [-0.15, -0.1) is 0 Å². The maximum Gasteiger partial charge on any atom is 0.490 e. The van der Waals surface area contributed by atoms with E-state index in [1.165, 1.54) is 49.2 Å². The topological polar surface area (TPSA) is 138 Å². The van der Waals surface area contributed by atoms with E-state index in [0.717, 1.165) is 51.5 Å². The van der Waals surface area contributed by atoms with Crippen molar-refractivity contribution in [1.82, 2.24) is 30.1 Å². The molecule has 47 heavy (non-hydrogen) atoms. The van der Waals surface area contributed by atoms with Crippen LogP contribution in [-0.4, -0.2) is 120 Å². The van der Waals surface area contributed by atoms with E-state index in [1.54, 1.807) is 0 Å². The van der Waals surface area contributed by atoms with Crippen LogP contribution in [0.5, 0.6) is 0 Å². The average molecular weight is 726 g/mol. The number of benzene rings is 1. The number of piperidine rings is 1. The number of likely N-dealkylation sites (tertiary alicyclic amines) is 1. The molecule has 3 fully saturated rings. The molecular weight excluding hydrogens is 685 g/mol. The first kappa shape index (κ1) is 36.6. The third-order valence-electron chi connectivity index (χ3n) is 8.44. The first-order chi connectivity index (χ1) is 22.4. The van der Waals surface area contributed by atoms with Crippen LogP contribution in [0, 0.1) is 17.2 Å². The quantitative estimate of drug-likeness (QED) is 0.387. The second-order valence-electron chi connectivity index (χ2n) is 12.0. The summed E-state index contributed by atoms with van der Waals surface area (Å²) in [5, 5.41) is 17.9. The molecule has 12 nitrogen and oxygen atoms in total. The van der Waals surface area contributed by atoms with Gasteiger partial charge in [0.05, 0.1) is 4.47 Å². The van der Waals surface area contributed by atoms with Crippen molar-refractivity contribution in [1.29, 1.82) is 5.26 Å². The number of nitriles is 1. The standard InChI is InChI=1S/C29H39BrN8O2.C2HF3O2/c1-35-10-6-23(7-11-35)21-37-14-12-36(13-15-37)20-22-2-4-24(5-3-22)29(39)38(34-25-8-16-40-17-9-25)28-26(30)19-32-27(18-31)33-28;3-2(4,5)1(6)7/h2-5,19,23,25,34H,6-17,20-21H2,1H3;(H,6,7). The van der Waals surface area contributed by atoms with Gasteiger partial charge in [0.15, 0.2) is 5.82 Å². The molecule has 0 radical (unpaired) electrons. The fourth-order valence-corrected chi connectivity index (χ4v) is 6.04. The number of carboxylic acid groups (broad SMARTS) is 1. The molecule has 1 aromatic carbocycles. The number of halogens is 4. The molecular formula is C31H40BrF3N8O4. The summed E-state index contributed by atoms with van der Waals surface area (Å²) in [7, 11) is 2.22. The molecule has 1 aromatic heterocycles. The molecule has 3 aliphatic heterocycles. The van der Waals surface area contributed by atoms with Crippen molar-refractivity contribution in [3.05, 3.63) is 51.9 Å². The number of nitrogens with one attached hydrogen (secondary N) is 1. The Morgan fingerprint density at radius 2 is 1.66 bits per heavy atom. The van der Waals surface area contributed by atoms with Crippen molar-refractivity contribution in [3.8, 4) is 6.07 Å². The monoisotopic (exact) mass is 724 g/mol. The van der Waals surface area contributed by atoms with Crippen LogP contribution in [0.3, 0.4) is 0 Å². The zero-order valence-electron chi connectivity index (χ0n) is 26.3. The number of aliphatic carboxylic acids is 1. The summed E-state index contributed by atoms with van der Waals surface area (Å²) < 4.78 is 37.8. The molecule has 4 heterocycles. The average Bonchev–Trinajstić information content (AvgIpc) is 3.06. The molecule has 256 valence electrons. The van der Waals surface area contributed by atoms with E-state index < -0.39 is 12.1 Å². The summed E-state index contributed by atoms with van der Waals surface area (Å²) in [6, 6.07) is 9.87. The van der Waals surface area contributed by atoms with E-state index in [2.05, 4.69) is 53.1 Å². The number of hydrogen-bond acceptors (Lipinski definition) is 10. The molecule has 0 saturated carbocycles. The van der Waals surface area contributed by atoms with Gasteiger partial charge in [-0.25, -0.2) is 20.2 Å². The fraction of sp³-hybridized carbons (Fsp3) is 0.581. The van der Waals surface area contributed by atoms with Crippen LogP contribution in [-0.2, 0) is 16.1 Å². The van der Waals surface area contributed by atoms with Crippen LogP contribution in [0.1, 0.15) is 47.4 Å². The Balaban J connectivity index is 0.000000644. The van der Waals surface area contributed by atoms with Gasteiger partial charge >= 0.3 is 12.1 Å². The second-order valence-corrected chi connectivity index (χ2v) is 12.8. The van der Waals surface area contributed by atoms with Gasteiger partial charge in [0.1, 0.15) is 6.07 Å². The van der Waals surface area contributed by atoms with E-state index in [0.29, 0.717) is 29.1 Å². The smallest absolute Gasteiger partial charge is 0.475 e. The van der Waals surface area contributed by atoms with Crippen LogP contribution in [0.15, 0.2) is 34.9 Å². The molecule has 1 amide bonds. The summed E-state index contributed by atoms with van der Waals surface area (Å²) in [5.41, 5.74) is 5.08. The number of aromatic nitrogens is 2. The molecule has 5 rings (SSSR count). The van der Waals surface area contributed by atoms with E-state index in [4.69, 9.17) is 14.6 Å². The number of hydrogen-bond donors (Lipinski definition) is 2. The lowest BCUT2D eigenvalue weighted by molar-refractivity contribution is -0.192. The molecule has 3 aliphatic rings. The number of hydrazine groups is 1. The molecule has 0 atom stereocenters. The highest BCUT2D eigenvalue weighted by molar-refractivity contribution is 9.10. The van der Waals surface area contributed by atoms with Gasteiger partial charge in [-0.3, -0.25) is 9.69 Å². The normalized spacial score (nSPS) is 19.0. The Hall–Kier alpha value is -3.20. The van der Waals surface area contributed by atoms with Crippen LogP contribution in [0.25, 0.3) is 0 Å². The minimum atomic E-state index is -5.08. The first-order valence-electron chi connectivity index (χ1n) is 15.6. The Morgan fingerprint density at radius 1 is 1.06 bits per heavy atom. The van der Waals surface area contributed by atoms with Crippen molar-refractivity contribution in [2.24, 2.45) is 5.92 Å². The lowest BCUT2D eigenvalue weighted by Crippen LogP contribution is -2.51. The van der Waals surface area contributed by atoms with Crippen LogP contribution >= 0.6 is 15.9 Å². The number of carbonyl (C=O) groups excluding carboxylic acids is 1. The van der Waals surface area contributed by atoms with Gasteiger partial charge < -0.3 is 19.6 Å². The van der Waals surface area contributed by atoms with Crippen molar-refractivity contribution < 1.29 is 32.6 Å². The van der Waals surface area contributed by atoms with E-state index in [-0.39, 0.29) is 17.8 Å². The maximum absolute atomic E-state index is 13.7. The van der Waals surface area contributed by atoms with Gasteiger partial charge in [-0.2, -0.15) is 23.4 Å². The van der Waals surface area contributed by atoms with Crippen LogP contribution in [0.4, 0.5) is 19.0 Å². The lowest BCUT2D eigenvalue weighted by Gasteiger charge is -2.38. The number of amides is 1. The van der Waals surface area contributed by atoms with E-state index in [9.17, 15) is 23.2 Å². The summed E-state index contributed by atoms with van der Waals surface area (Å²) in [6.07, 6.45) is 0.613. The Morgan fingerprint density at radius 3 is 2.23 bits per heavy atom. The van der Waals surface area contributed by atoms with Gasteiger partial charge in [-0.05, 0) is 85.4 Å². The first-order valence-corrected chi connectivity index (χ1v) is 16.4. The van der Waals surface area contributed by atoms with Gasteiger partial charge in [-0.1, -0.05) is 12.1 Å². The lowest BCUT2D eigenvalue weighted by atomic mass is 9.96. The van der Waals surface area contributed by atoms with Gasteiger partial charge in [0.2, 0.25) is 5.82 Å². The van der Waals surface area contributed by atoms with Crippen LogP contribution in [0.2, 0.25) is 0 Å². The summed E-state index contributed by atoms with van der Waals surface area (Å²) in [4.78, 5) is 38.5. The summed E-state index contributed by atoms with van der Waals surface area (Å²) in [5.74, 6) is -1.82. The Labute approximate surface area is 280 Å². The summed E-state index contributed by atoms with van der Waals surface area (Å²) in [6.45, 7) is 10.2. The Bertz CT molecular complexity index is 1370. The fourth-order valence-electron chi connectivity index (χ4n) is 5.67. The number of anilines is 1. The zero-order valence-corrected chi connectivity index (χ0v) is 27.8. The number of carbonyl (C=O) groups is 2. The third-order valence-corrected chi connectivity index (χ3v) is 9.00. The maximum atomic E-state index is 13.7. The number of piperazine rings is 1. The van der Waals surface area contributed by atoms with Crippen molar-refractivity contribution >= 4 is 33.6 Å². The van der Waals surface area contributed by atoms with Gasteiger partial charge in [0.25, 0.3) is 5.91 Å². The van der Waals surface area contributed by atoms with Crippen LogP contribution < -0.4 is 10.4 Å². The highest BCUT2D eigenvalue weighted by Crippen LogP contribution is 2.25. The minimum absolute atomic E-state index is 0.00608. The number of rotatable bonds is 8. The molecule has 16 heteroatoms. The molecule has 3 saturated heterocycles. The third kappa shape index (κ3) is 11.2. The SMILES string of the molecule is CN1CCC(CN2CCN(Cc3ccc(C(=O)N(NC4CCOCC4)c4nc(C#N)ncc4Br)cc3)CC2)CC1.O=C(O)C(F)(F)F. The number of alkyl halides is 3. The number of nitrogens with zero attached hydrogens (tertiary/aromatic N) is 7. The number of carboxylic acids is 1. The molecule has 0 unspecified atom stereocenters. The highest BCUT2D eigenvalue weighted by Gasteiger charge is 2.38. The van der Waals surface area contributed by atoms with Crippen molar-refractivity contribution in [2.75, 3.05) is 71.1 Å². The molecule has 0 spiro atoms. The van der Waals surface area contributed by atoms with Gasteiger partial charge in [0, 0.05) is 70.3 Å². The molecule has 0 aliphatic carbocycles. The number of ether oxygens (including phenoxy) is 1. The largest absolute Gasteiger partial charge is 0.490 e. The second kappa shape index (κ2) is 17.3. The predicted molar refractivity (Wildman–Crippen MR) is 170 cm³/mol. The van der Waals surface area contributed by atoms with Crippen molar-refractivity contribution in [3.63, 3.8) is 0 Å². The van der Waals surface area contributed by atoms with E-state index >= 15 is 0 Å². The highest BCUT2D eigenvalue weighted by atomic mass is 79.9. The molecule has 2 aromatic rings. The predicted octanol–water partition coefficient (Wildman–Crippen LogP) is 3.53. The van der Waals surface area contributed by atoms with E-state index in [1.807, 2.05) is 30.3 Å². The summed E-state index contributed by atoms with van der Waals surface area (Å²) >= 11 is 3.46. The Kier molecular flexibility index (Phi) is 13.5. The minimum Gasteiger partial charge on any atom is -0.475 e.